The van der Waals surface area contributed by atoms with Crippen LogP contribution in [0.5, 0.6) is 0 Å². The van der Waals surface area contributed by atoms with Crippen LogP contribution in [-0.4, -0.2) is 5.11 Å². The van der Waals surface area contributed by atoms with Crippen molar-refractivity contribution in [3.63, 3.8) is 0 Å². The highest BCUT2D eigenvalue weighted by Crippen LogP contribution is 2.36. The lowest BCUT2D eigenvalue weighted by Gasteiger charge is -2.12. The Balaban J connectivity index is 2.09. The van der Waals surface area contributed by atoms with Crippen molar-refractivity contribution in [3.05, 3.63) is 63.6 Å². The van der Waals surface area contributed by atoms with Crippen molar-refractivity contribution in [1.29, 1.82) is 0 Å². The number of aliphatic hydroxyl groups is 1. The molecule has 0 aliphatic carbocycles. The molecule has 0 radical (unpaired) electrons. The van der Waals surface area contributed by atoms with Gasteiger partial charge in [0, 0.05) is 16.7 Å². The molecule has 0 aliphatic heterocycles. The predicted molar refractivity (Wildman–Crippen MR) is 78.8 cm³/mol. The van der Waals surface area contributed by atoms with Gasteiger partial charge in [-0.15, -0.1) is 0 Å². The Morgan fingerprint density at radius 2 is 1.62 bits per heavy atom. The average molecular weight is 360 g/mol. The van der Waals surface area contributed by atoms with E-state index in [1.807, 2.05) is 12.1 Å². The minimum absolute atomic E-state index is 0.0212. The molecule has 0 unspecified atom stereocenters. The van der Waals surface area contributed by atoms with Gasteiger partial charge in [0.05, 0.1) is 12.2 Å². The fourth-order valence-electron chi connectivity index (χ4n) is 1.82. The van der Waals surface area contributed by atoms with E-state index in [1.54, 1.807) is 18.2 Å². The number of alkyl halides is 3. The number of aliphatic hydroxyl groups excluding tert-OH is 1. The van der Waals surface area contributed by atoms with Gasteiger partial charge in [-0.05, 0) is 29.3 Å². The van der Waals surface area contributed by atoms with Gasteiger partial charge in [0.1, 0.15) is 0 Å². The molecule has 2 N–H and O–H groups in total. The maximum Gasteiger partial charge on any atom is 0.417 e. The van der Waals surface area contributed by atoms with E-state index in [2.05, 4.69) is 21.2 Å². The smallest absolute Gasteiger partial charge is 0.392 e. The van der Waals surface area contributed by atoms with E-state index in [1.165, 1.54) is 6.07 Å². The second-order valence-corrected chi connectivity index (χ2v) is 5.37. The average Bonchev–Trinajstić information content (AvgIpc) is 2.45. The molecule has 0 heterocycles. The van der Waals surface area contributed by atoms with E-state index < -0.39 is 11.7 Å². The van der Waals surface area contributed by atoms with Gasteiger partial charge in [0.2, 0.25) is 0 Å². The number of nitrogens with one attached hydrogen (secondary N) is 1. The molecule has 0 aliphatic rings. The van der Waals surface area contributed by atoms with Gasteiger partial charge in [0.25, 0.3) is 0 Å². The van der Waals surface area contributed by atoms with Crippen LogP contribution in [-0.2, 0) is 19.3 Å². The van der Waals surface area contributed by atoms with E-state index >= 15 is 0 Å². The fraction of sp³-hybridized carbons (Fsp3) is 0.200. The normalized spacial score (nSPS) is 11.5. The predicted octanol–water partition coefficient (Wildman–Crippen LogP) is 4.57. The van der Waals surface area contributed by atoms with Crippen molar-refractivity contribution in [2.24, 2.45) is 0 Å². The number of halogens is 4. The SMILES string of the molecule is OCc1ccc(CNc2ccc(Br)c(C(F)(F)F)c2)cc1. The molecule has 0 aromatic heterocycles. The standard InChI is InChI=1S/C15H13BrF3NO/c16-14-6-5-12(7-13(14)15(17,18)19)20-8-10-1-3-11(9-21)4-2-10/h1-7,20-21H,8-9H2. The Bertz CT molecular complexity index is 611. The highest BCUT2D eigenvalue weighted by molar-refractivity contribution is 9.10. The molecule has 0 bridgehead atoms. The van der Waals surface area contributed by atoms with Crippen molar-refractivity contribution < 1.29 is 18.3 Å². The van der Waals surface area contributed by atoms with Crippen LogP contribution in [0.25, 0.3) is 0 Å². The summed E-state index contributed by atoms with van der Waals surface area (Å²) in [5, 5.41) is 11.9. The van der Waals surface area contributed by atoms with Crippen LogP contribution in [0.3, 0.4) is 0 Å². The first kappa shape index (κ1) is 15.9. The summed E-state index contributed by atoms with van der Waals surface area (Å²) < 4.78 is 38.4. The summed E-state index contributed by atoms with van der Waals surface area (Å²) >= 11 is 2.91. The van der Waals surface area contributed by atoms with Crippen molar-refractivity contribution in [2.45, 2.75) is 19.3 Å². The highest BCUT2D eigenvalue weighted by atomic mass is 79.9. The van der Waals surface area contributed by atoms with Crippen LogP contribution in [0.2, 0.25) is 0 Å². The molecule has 0 atom stereocenters. The van der Waals surface area contributed by atoms with Gasteiger partial charge in [0.15, 0.2) is 0 Å². The van der Waals surface area contributed by atoms with Gasteiger partial charge in [-0.2, -0.15) is 13.2 Å². The maximum atomic E-state index is 12.8. The molecule has 2 aromatic carbocycles. The third-order valence-electron chi connectivity index (χ3n) is 2.97. The molecule has 0 fully saturated rings. The Labute approximate surface area is 128 Å². The summed E-state index contributed by atoms with van der Waals surface area (Å²) in [6.45, 7) is 0.375. The topological polar surface area (TPSA) is 32.3 Å². The van der Waals surface area contributed by atoms with E-state index in [-0.39, 0.29) is 11.1 Å². The quantitative estimate of drug-likeness (QED) is 0.837. The summed E-state index contributed by atoms with van der Waals surface area (Å²) in [5.41, 5.74) is 1.41. The summed E-state index contributed by atoms with van der Waals surface area (Å²) in [6.07, 6.45) is -4.39. The molecular formula is C15H13BrF3NO. The molecule has 0 spiro atoms. The zero-order valence-corrected chi connectivity index (χ0v) is 12.5. The monoisotopic (exact) mass is 359 g/mol. The lowest BCUT2D eigenvalue weighted by molar-refractivity contribution is -0.138. The summed E-state index contributed by atoms with van der Waals surface area (Å²) in [6, 6.07) is 11.2. The van der Waals surface area contributed by atoms with Crippen molar-refractivity contribution in [1.82, 2.24) is 0 Å². The molecule has 21 heavy (non-hydrogen) atoms. The van der Waals surface area contributed by atoms with Crippen molar-refractivity contribution in [2.75, 3.05) is 5.32 Å². The van der Waals surface area contributed by atoms with Gasteiger partial charge in [-0.1, -0.05) is 40.2 Å². The molecule has 0 saturated heterocycles. The first-order valence-electron chi connectivity index (χ1n) is 6.19. The largest absolute Gasteiger partial charge is 0.417 e. The Kier molecular flexibility index (Phi) is 4.90. The minimum atomic E-state index is -4.39. The minimum Gasteiger partial charge on any atom is -0.392 e. The molecule has 0 saturated carbocycles. The third kappa shape index (κ3) is 4.22. The number of benzene rings is 2. The molecular weight excluding hydrogens is 347 g/mol. The van der Waals surface area contributed by atoms with Gasteiger partial charge in [-0.3, -0.25) is 0 Å². The second-order valence-electron chi connectivity index (χ2n) is 4.52. The van der Waals surface area contributed by atoms with Crippen LogP contribution in [0.15, 0.2) is 46.9 Å². The number of rotatable bonds is 4. The van der Waals surface area contributed by atoms with Gasteiger partial charge in [-0.25, -0.2) is 0 Å². The lowest BCUT2D eigenvalue weighted by Crippen LogP contribution is -2.07. The van der Waals surface area contributed by atoms with Crippen LogP contribution < -0.4 is 5.32 Å². The zero-order chi connectivity index (χ0) is 15.5. The first-order valence-corrected chi connectivity index (χ1v) is 6.99. The van der Waals surface area contributed by atoms with E-state index in [0.29, 0.717) is 12.2 Å². The first-order chi connectivity index (χ1) is 9.90. The van der Waals surface area contributed by atoms with Crippen molar-refractivity contribution >= 4 is 21.6 Å². The van der Waals surface area contributed by atoms with Crippen LogP contribution in [0.1, 0.15) is 16.7 Å². The van der Waals surface area contributed by atoms with Crippen LogP contribution >= 0.6 is 15.9 Å². The highest BCUT2D eigenvalue weighted by Gasteiger charge is 2.33. The number of hydrogen-bond donors (Lipinski definition) is 2. The summed E-state index contributed by atoms with van der Waals surface area (Å²) in [7, 11) is 0. The van der Waals surface area contributed by atoms with Crippen LogP contribution in [0, 0.1) is 0 Å². The van der Waals surface area contributed by atoms with Crippen LogP contribution in [0.4, 0.5) is 18.9 Å². The van der Waals surface area contributed by atoms with Gasteiger partial charge >= 0.3 is 6.18 Å². The molecule has 0 amide bonds. The Morgan fingerprint density at radius 3 is 2.19 bits per heavy atom. The zero-order valence-electron chi connectivity index (χ0n) is 10.9. The Hall–Kier alpha value is -1.53. The van der Waals surface area contributed by atoms with Gasteiger partial charge < -0.3 is 10.4 Å². The van der Waals surface area contributed by atoms with E-state index in [4.69, 9.17) is 5.11 Å². The maximum absolute atomic E-state index is 12.8. The third-order valence-corrected chi connectivity index (χ3v) is 3.67. The molecule has 6 heteroatoms. The Morgan fingerprint density at radius 1 is 1.00 bits per heavy atom. The molecule has 2 nitrogen and oxygen atoms in total. The molecule has 2 rings (SSSR count). The number of hydrogen-bond acceptors (Lipinski definition) is 2. The second kappa shape index (κ2) is 6.49. The molecule has 2 aromatic rings. The number of anilines is 1. The van der Waals surface area contributed by atoms with E-state index in [0.717, 1.165) is 17.2 Å². The van der Waals surface area contributed by atoms with Crippen molar-refractivity contribution in [3.8, 4) is 0 Å². The summed E-state index contributed by atoms with van der Waals surface area (Å²) in [4.78, 5) is 0. The fourth-order valence-corrected chi connectivity index (χ4v) is 2.29. The van der Waals surface area contributed by atoms with E-state index in [9.17, 15) is 13.2 Å². The lowest BCUT2D eigenvalue weighted by atomic mass is 10.1. The molecule has 112 valence electrons. The summed E-state index contributed by atoms with van der Waals surface area (Å²) in [5.74, 6) is 0.